The van der Waals surface area contributed by atoms with Crippen LogP contribution in [0.1, 0.15) is 27.2 Å². The fourth-order valence-electron chi connectivity index (χ4n) is 3.75. The van der Waals surface area contributed by atoms with Gasteiger partial charge in [-0.25, -0.2) is 4.79 Å². The Balaban J connectivity index is 1.90. The van der Waals surface area contributed by atoms with E-state index >= 15 is 0 Å². The number of amides is 2. The lowest BCUT2D eigenvalue weighted by molar-refractivity contribution is -0.163. The second-order valence-electron chi connectivity index (χ2n) is 6.49. The van der Waals surface area contributed by atoms with Crippen molar-refractivity contribution in [1.82, 2.24) is 10.2 Å². The summed E-state index contributed by atoms with van der Waals surface area (Å²) in [6, 6.07) is -0.352. The number of aliphatic hydroxyl groups excluding tert-OH is 1. The van der Waals surface area contributed by atoms with Crippen molar-refractivity contribution in [2.24, 2.45) is 11.8 Å². The molecule has 0 aromatic rings. The molecule has 0 spiro atoms. The number of fused-ring (bicyclic) bond motifs is 1. The van der Waals surface area contributed by atoms with Gasteiger partial charge in [0.1, 0.15) is 5.70 Å². The molecule has 3 aliphatic rings. The minimum atomic E-state index is -1.14. The van der Waals surface area contributed by atoms with Crippen molar-refractivity contribution in [1.29, 1.82) is 0 Å². The summed E-state index contributed by atoms with van der Waals surface area (Å²) in [6.45, 7) is 5.33. The average Bonchev–Trinajstić information content (AvgIpc) is 2.87. The molecule has 0 saturated carbocycles. The van der Waals surface area contributed by atoms with Gasteiger partial charge in [-0.05, 0) is 13.8 Å². The lowest BCUT2D eigenvalue weighted by atomic mass is 9.79. The van der Waals surface area contributed by atoms with Gasteiger partial charge in [0, 0.05) is 28.5 Å². The Hall–Kier alpha value is -1.54. The predicted octanol–water partition coefficient (Wildman–Crippen LogP) is 0.150. The van der Waals surface area contributed by atoms with Crippen LogP contribution in [0.4, 0.5) is 0 Å². The summed E-state index contributed by atoms with van der Waals surface area (Å²) in [6.07, 6.45) is -0.466. The van der Waals surface area contributed by atoms with Crippen LogP contribution in [0.15, 0.2) is 10.6 Å². The minimum Gasteiger partial charge on any atom is -0.477 e. The van der Waals surface area contributed by atoms with Crippen molar-refractivity contribution >= 4 is 29.5 Å². The molecule has 7 nitrogen and oxygen atoms in total. The van der Waals surface area contributed by atoms with E-state index in [1.54, 1.807) is 6.92 Å². The van der Waals surface area contributed by atoms with Gasteiger partial charge in [0.15, 0.2) is 0 Å². The van der Waals surface area contributed by atoms with Gasteiger partial charge >= 0.3 is 5.97 Å². The minimum absolute atomic E-state index is 0.0148. The average molecular weight is 340 g/mol. The third-order valence-corrected chi connectivity index (χ3v) is 6.62. The van der Waals surface area contributed by atoms with Gasteiger partial charge in [0.2, 0.25) is 11.8 Å². The zero-order valence-electron chi connectivity index (χ0n) is 13.1. The monoisotopic (exact) mass is 340 g/mol. The normalized spacial score (nSPS) is 37.6. The summed E-state index contributed by atoms with van der Waals surface area (Å²) in [5, 5.41) is 22.1. The lowest BCUT2D eigenvalue weighted by Crippen LogP contribution is -2.63. The van der Waals surface area contributed by atoms with Crippen LogP contribution in [-0.2, 0) is 14.4 Å². The Morgan fingerprint density at radius 3 is 2.52 bits per heavy atom. The van der Waals surface area contributed by atoms with E-state index in [2.05, 4.69) is 5.32 Å². The number of aliphatic carboxylic acids is 1. The topological polar surface area (TPSA) is 107 Å². The first-order valence-electron chi connectivity index (χ1n) is 7.68. The van der Waals surface area contributed by atoms with E-state index in [9.17, 15) is 24.6 Å². The molecule has 8 heteroatoms. The Labute approximate surface area is 138 Å². The molecule has 3 N–H and O–H groups in total. The predicted molar refractivity (Wildman–Crippen MR) is 83.2 cm³/mol. The number of carboxylic acid groups (broad SMARTS) is 1. The standard InChI is InChI=1S/C15H20N2O5S/c1-5-11-10(7(3)18)14(20)17(11)12(15(21)22)13(5)23-8-4-9(19)16-6(8)2/h5-8,10-11,18H,4H2,1-3H3,(H,16,19)(H,21,22)/t5-,6+,7-,8+,10+,11-/m1/s1. The largest absolute Gasteiger partial charge is 0.477 e. The van der Waals surface area contributed by atoms with Crippen LogP contribution < -0.4 is 5.32 Å². The number of hydrogen-bond acceptors (Lipinski definition) is 5. The van der Waals surface area contributed by atoms with Gasteiger partial charge < -0.3 is 20.4 Å². The highest BCUT2D eigenvalue weighted by Crippen LogP contribution is 2.52. The molecule has 0 unspecified atom stereocenters. The van der Waals surface area contributed by atoms with Crippen molar-refractivity contribution in [2.75, 3.05) is 0 Å². The first-order chi connectivity index (χ1) is 10.7. The van der Waals surface area contributed by atoms with Crippen LogP contribution in [0.5, 0.6) is 0 Å². The van der Waals surface area contributed by atoms with Crippen molar-refractivity contribution in [3.8, 4) is 0 Å². The molecular formula is C15H20N2O5S. The molecule has 2 fully saturated rings. The number of aliphatic hydroxyl groups is 1. The first-order valence-corrected chi connectivity index (χ1v) is 8.56. The van der Waals surface area contributed by atoms with Crippen LogP contribution in [0.3, 0.4) is 0 Å². The van der Waals surface area contributed by atoms with Crippen molar-refractivity contribution in [3.05, 3.63) is 10.6 Å². The molecule has 23 heavy (non-hydrogen) atoms. The van der Waals surface area contributed by atoms with Crippen LogP contribution in [0.2, 0.25) is 0 Å². The molecule has 0 aliphatic carbocycles. The van der Waals surface area contributed by atoms with E-state index in [0.29, 0.717) is 11.3 Å². The molecule has 0 bridgehead atoms. The third-order valence-electron chi connectivity index (χ3n) is 4.92. The molecule has 0 aromatic heterocycles. The SMILES string of the molecule is C[C@@H]1NC(=O)C[C@@H]1SC1=C(C(=O)O)N2C(=O)[C@@H]([C@@H](C)O)[C@H]2[C@H]1C. The number of hydrogen-bond donors (Lipinski definition) is 3. The van der Waals surface area contributed by atoms with Crippen molar-refractivity contribution in [2.45, 2.75) is 50.6 Å². The van der Waals surface area contributed by atoms with E-state index in [4.69, 9.17) is 0 Å². The van der Waals surface area contributed by atoms with E-state index in [1.807, 2.05) is 13.8 Å². The summed E-state index contributed by atoms with van der Waals surface area (Å²) in [4.78, 5) is 37.4. The number of carbonyl (C=O) groups is 3. The number of nitrogens with zero attached hydrogens (tertiary/aromatic N) is 1. The van der Waals surface area contributed by atoms with Crippen LogP contribution in [0.25, 0.3) is 0 Å². The summed E-state index contributed by atoms with van der Waals surface area (Å²) < 4.78 is 0. The number of carbonyl (C=O) groups excluding carboxylic acids is 2. The molecule has 2 amide bonds. The third kappa shape index (κ3) is 2.35. The second kappa shape index (κ2) is 5.52. The molecule has 6 atom stereocenters. The number of thioether (sulfide) groups is 1. The summed E-state index contributed by atoms with van der Waals surface area (Å²) in [7, 11) is 0. The highest BCUT2D eigenvalue weighted by atomic mass is 32.2. The maximum atomic E-state index is 12.2. The Morgan fingerprint density at radius 2 is 2.04 bits per heavy atom. The molecule has 126 valence electrons. The van der Waals surface area contributed by atoms with Gasteiger partial charge in [-0.3, -0.25) is 9.59 Å². The summed E-state index contributed by atoms with van der Waals surface area (Å²) in [5.41, 5.74) is 0.0148. The molecule has 3 rings (SSSR count). The van der Waals surface area contributed by atoms with Crippen molar-refractivity contribution in [3.63, 3.8) is 0 Å². The van der Waals surface area contributed by atoms with Gasteiger partial charge in [0.05, 0.1) is 18.1 Å². The summed E-state index contributed by atoms with van der Waals surface area (Å²) >= 11 is 1.37. The molecule has 0 radical (unpaired) electrons. The van der Waals surface area contributed by atoms with E-state index < -0.39 is 18.0 Å². The van der Waals surface area contributed by atoms with Crippen LogP contribution in [0, 0.1) is 11.8 Å². The highest BCUT2D eigenvalue weighted by Gasteiger charge is 2.60. The Morgan fingerprint density at radius 1 is 1.39 bits per heavy atom. The van der Waals surface area contributed by atoms with Gasteiger partial charge in [-0.2, -0.15) is 0 Å². The van der Waals surface area contributed by atoms with Gasteiger partial charge in [-0.15, -0.1) is 11.8 Å². The van der Waals surface area contributed by atoms with E-state index in [-0.39, 0.29) is 40.8 Å². The first kappa shape index (κ1) is 16.3. The maximum Gasteiger partial charge on any atom is 0.353 e. The lowest BCUT2D eigenvalue weighted by Gasteiger charge is -2.46. The van der Waals surface area contributed by atoms with Gasteiger partial charge in [0.25, 0.3) is 0 Å². The quantitative estimate of drug-likeness (QED) is 0.629. The van der Waals surface area contributed by atoms with Crippen molar-refractivity contribution < 1.29 is 24.6 Å². The molecule has 0 aromatic carbocycles. The van der Waals surface area contributed by atoms with E-state index in [1.165, 1.54) is 16.7 Å². The zero-order valence-corrected chi connectivity index (χ0v) is 14.0. The van der Waals surface area contributed by atoms with E-state index in [0.717, 1.165) is 0 Å². The summed E-state index contributed by atoms with van der Waals surface area (Å²) in [5.74, 6) is -2.23. The fourth-order valence-corrected chi connectivity index (χ4v) is 5.24. The zero-order chi connectivity index (χ0) is 17.0. The highest BCUT2D eigenvalue weighted by molar-refractivity contribution is 8.03. The fraction of sp³-hybridized carbons (Fsp3) is 0.667. The van der Waals surface area contributed by atoms with Crippen LogP contribution >= 0.6 is 11.8 Å². The van der Waals surface area contributed by atoms with Crippen LogP contribution in [-0.4, -0.2) is 56.3 Å². The Bertz CT molecular complexity index is 617. The number of carboxylic acids is 1. The molecular weight excluding hydrogens is 320 g/mol. The molecule has 3 aliphatic heterocycles. The smallest absolute Gasteiger partial charge is 0.353 e. The number of rotatable bonds is 4. The second-order valence-corrected chi connectivity index (χ2v) is 7.77. The number of β-lactam (4-membered cyclic amide) rings is 1. The maximum absolute atomic E-state index is 12.2. The molecule has 3 heterocycles. The number of nitrogens with one attached hydrogen (secondary N) is 1. The van der Waals surface area contributed by atoms with Gasteiger partial charge in [-0.1, -0.05) is 6.92 Å². The Kier molecular flexibility index (Phi) is 3.92. The molecule has 2 saturated heterocycles.